The van der Waals surface area contributed by atoms with Gasteiger partial charge < -0.3 is 14.6 Å². The van der Waals surface area contributed by atoms with Crippen LogP contribution in [0.3, 0.4) is 0 Å². The molecule has 0 unspecified atom stereocenters. The molecule has 0 spiro atoms. The van der Waals surface area contributed by atoms with Crippen LogP contribution in [0, 0.1) is 0 Å². The molecule has 1 saturated heterocycles. The SMILES string of the molecule is C[Si](C)(C)CCOCn1nccc1-c1ccc(Oc2ccc3nc(CN4CC(O)C4)ccc3c2)nc1. The monoisotopic (exact) mass is 503 g/mol. The fourth-order valence-corrected chi connectivity index (χ4v) is 4.88. The number of fused-ring (bicyclic) bond motifs is 1. The summed E-state index contributed by atoms with van der Waals surface area (Å²) in [5.41, 5.74) is 3.84. The van der Waals surface area contributed by atoms with Crippen molar-refractivity contribution in [1.82, 2.24) is 24.6 Å². The lowest BCUT2D eigenvalue weighted by atomic mass is 10.1. The van der Waals surface area contributed by atoms with E-state index in [1.54, 1.807) is 12.4 Å². The van der Waals surface area contributed by atoms with Gasteiger partial charge in [-0.1, -0.05) is 25.7 Å². The number of nitrogens with zero attached hydrogens (tertiary/aromatic N) is 5. The molecule has 8 nitrogen and oxygen atoms in total. The first-order valence-corrected chi connectivity index (χ1v) is 16.1. The average molecular weight is 504 g/mol. The highest BCUT2D eigenvalue weighted by molar-refractivity contribution is 6.76. The smallest absolute Gasteiger partial charge is 0.219 e. The fraction of sp³-hybridized carbons (Fsp3) is 0.370. The molecule has 0 atom stereocenters. The highest BCUT2D eigenvalue weighted by Crippen LogP contribution is 2.26. The Labute approximate surface area is 212 Å². The molecule has 1 N–H and O–H groups in total. The summed E-state index contributed by atoms with van der Waals surface area (Å²) < 4.78 is 13.7. The Morgan fingerprint density at radius 3 is 2.67 bits per heavy atom. The number of pyridine rings is 2. The van der Waals surface area contributed by atoms with Crippen LogP contribution in [0.4, 0.5) is 0 Å². The third-order valence-electron chi connectivity index (χ3n) is 6.22. The van der Waals surface area contributed by atoms with Crippen molar-refractivity contribution in [2.24, 2.45) is 0 Å². The molecule has 188 valence electrons. The van der Waals surface area contributed by atoms with Gasteiger partial charge >= 0.3 is 0 Å². The van der Waals surface area contributed by atoms with E-state index in [0.29, 0.717) is 31.4 Å². The van der Waals surface area contributed by atoms with Gasteiger partial charge in [-0.2, -0.15) is 5.10 Å². The van der Waals surface area contributed by atoms with Gasteiger partial charge in [-0.15, -0.1) is 0 Å². The molecule has 0 bridgehead atoms. The largest absolute Gasteiger partial charge is 0.439 e. The van der Waals surface area contributed by atoms with E-state index in [0.717, 1.165) is 47.0 Å². The minimum Gasteiger partial charge on any atom is -0.439 e. The Morgan fingerprint density at radius 2 is 1.92 bits per heavy atom. The molecule has 9 heteroatoms. The molecule has 0 saturated carbocycles. The molecule has 0 aliphatic carbocycles. The molecule has 3 aromatic heterocycles. The van der Waals surface area contributed by atoms with Gasteiger partial charge in [0.1, 0.15) is 12.5 Å². The van der Waals surface area contributed by atoms with Gasteiger partial charge in [0.15, 0.2) is 0 Å². The molecule has 1 fully saturated rings. The number of rotatable bonds is 10. The number of ether oxygens (including phenoxy) is 2. The Bertz CT molecular complexity index is 1310. The van der Waals surface area contributed by atoms with E-state index in [-0.39, 0.29) is 6.10 Å². The molecule has 1 aliphatic heterocycles. The van der Waals surface area contributed by atoms with Crippen LogP contribution in [0.25, 0.3) is 22.2 Å². The maximum atomic E-state index is 9.47. The lowest BCUT2D eigenvalue weighted by Gasteiger charge is -2.35. The molecule has 36 heavy (non-hydrogen) atoms. The van der Waals surface area contributed by atoms with Crippen LogP contribution in [0.5, 0.6) is 11.6 Å². The van der Waals surface area contributed by atoms with Crippen LogP contribution in [0.15, 0.2) is 60.9 Å². The van der Waals surface area contributed by atoms with Crippen molar-refractivity contribution in [3.8, 4) is 22.9 Å². The van der Waals surface area contributed by atoms with Gasteiger partial charge in [0.25, 0.3) is 0 Å². The van der Waals surface area contributed by atoms with Crippen molar-refractivity contribution < 1.29 is 14.6 Å². The molecular weight excluding hydrogens is 470 g/mol. The summed E-state index contributed by atoms with van der Waals surface area (Å²) in [6, 6.07) is 16.9. The van der Waals surface area contributed by atoms with E-state index in [4.69, 9.17) is 14.5 Å². The van der Waals surface area contributed by atoms with E-state index < -0.39 is 8.07 Å². The topological polar surface area (TPSA) is 85.5 Å². The molecule has 1 aromatic carbocycles. The highest BCUT2D eigenvalue weighted by atomic mass is 28.3. The van der Waals surface area contributed by atoms with Crippen LogP contribution in [-0.2, 0) is 18.0 Å². The van der Waals surface area contributed by atoms with E-state index in [2.05, 4.69) is 40.7 Å². The number of benzene rings is 1. The van der Waals surface area contributed by atoms with Crippen molar-refractivity contribution in [2.75, 3.05) is 19.7 Å². The Kier molecular flexibility index (Phi) is 7.15. The van der Waals surface area contributed by atoms with Crippen molar-refractivity contribution in [1.29, 1.82) is 0 Å². The van der Waals surface area contributed by atoms with Crippen molar-refractivity contribution in [3.63, 3.8) is 0 Å². The normalized spacial score (nSPS) is 14.8. The average Bonchev–Trinajstić information content (AvgIpc) is 3.29. The van der Waals surface area contributed by atoms with Crippen LogP contribution in [-0.4, -0.2) is 63.6 Å². The Balaban J connectivity index is 1.21. The first-order chi connectivity index (χ1) is 17.3. The molecule has 0 radical (unpaired) electrons. The second kappa shape index (κ2) is 10.5. The second-order valence-corrected chi connectivity index (χ2v) is 16.2. The number of aliphatic hydroxyl groups excluding tert-OH is 1. The second-order valence-electron chi connectivity index (χ2n) is 10.6. The zero-order chi connectivity index (χ0) is 25.1. The van der Waals surface area contributed by atoms with Gasteiger partial charge in [0, 0.05) is 63.7 Å². The van der Waals surface area contributed by atoms with Gasteiger partial charge in [0.05, 0.1) is 23.0 Å². The summed E-state index contributed by atoms with van der Waals surface area (Å²) in [5.74, 6) is 1.24. The first-order valence-electron chi connectivity index (χ1n) is 12.4. The van der Waals surface area contributed by atoms with E-state index in [9.17, 15) is 5.11 Å². The van der Waals surface area contributed by atoms with Crippen LogP contribution in [0.1, 0.15) is 5.69 Å². The summed E-state index contributed by atoms with van der Waals surface area (Å²) >= 11 is 0. The summed E-state index contributed by atoms with van der Waals surface area (Å²) in [7, 11) is -1.11. The van der Waals surface area contributed by atoms with E-state index in [1.807, 2.05) is 47.1 Å². The number of aliphatic hydroxyl groups is 1. The molecular formula is C27H33N5O3Si. The van der Waals surface area contributed by atoms with Gasteiger partial charge in [-0.05, 0) is 42.4 Å². The summed E-state index contributed by atoms with van der Waals surface area (Å²) in [6.45, 7) is 10.4. The molecule has 0 amide bonds. The summed E-state index contributed by atoms with van der Waals surface area (Å²) in [5, 5.41) is 14.9. The molecule has 4 aromatic rings. The van der Waals surface area contributed by atoms with Crippen molar-refractivity contribution in [2.45, 2.75) is 45.1 Å². The number of hydrogen-bond acceptors (Lipinski definition) is 7. The maximum absolute atomic E-state index is 9.47. The van der Waals surface area contributed by atoms with Crippen LogP contribution in [0.2, 0.25) is 25.7 Å². The number of likely N-dealkylation sites (tertiary alicyclic amines) is 1. The molecule has 1 aliphatic rings. The number of β-amino-alcohol motifs (C(OH)–C–C–N with tert-alkyl or cyclic N) is 1. The number of aromatic nitrogens is 4. The summed E-state index contributed by atoms with van der Waals surface area (Å²) in [4.78, 5) is 11.4. The van der Waals surface area contributed by atoms with Gasteiger partial charge in [-0.3, -0.25) is 9.88 Å². The highest BCUT2D eigenvalue weighted by Gasteiger charge is 2.24. The fourth-order valence-electron chi connectivity index (χ4n) is 4.12. The van der Waals surface area contributed by atoms with Gasteiger partial charge in [-0.25, -0.2) is 9.67 Å². The zero-order valence-corrected chi connectivity index (χ0v) is 22.1. The number of hydrogen-bond donors (Lipinski definition) is 1. The Morgan fingerprint density at radius 1 is 1.06 bits per heavy atom. The van der Waals surface area contributed by atoms with Crippen molar-refractivity contribution in [3.05, 3.63) is 66.6 Å². The van der Waals surface area contributed by atoms with Crippen LogP contribution >= 0.6 is 0 Å². The predicted molar refractivity (Wildman–Crippen MR) is 143 cm³/mol. The summed E-state index contributed by atoms with van der Waals surface area (Å²) in [6.07, 6.45) is 3.38. The lowest BCUT2D eigenvalue weighted by molar-refractivity contribution is -0.00348. The van der Waals surface area contributed by atoms with Crippen LogP contribution < -0.4 is 4.74 Å². The standard InChI is InChI=1S/C27H33N5O3Si/c1-36(2,3)13-12-34-19-32-26(10-11-29-32)21-5-9-27(28-15-21)35-24-7-8-25-20(14-24)4-6-22(30-25)16-31-17-23(33)18-31/h4-11,14-15,23,33H,12-13,16-19H2,1-3H3. The molecule has 4 heterocycles. The predicted octanol–water partition coefficient (Wildman–Crippen LogP) is 4.77. The quantitative estimate of drug-likeness (QED) is 0.246. The van der Waals surface area contributed by atoms with Gasteiger partial charge in [0.2, 0.25) is 5.88 Å². The van der Waals surface area contributed by atoms with Crippen molar-refractivity contribution >= 4 is 19.0 Å². The third kappa shape index (κ3) is 6.17. The maximum Gasteiger partial charge on any atom is 0.219 e. The first kappa shape index (κ1) is 24.6. The molecule has 5 rings (SSSR count). The third-order valence-corrected chi connectivity index (χ3v) is 7.93. The Hall–Kier alpha value is -3.11. The van der Waals surface area contributed by atoms with E-state index >= 15 is 0 Å². The van der Waals surface area contributed by atoms with E-state index in [1.165, 1.54) is 0 Å². The zero-order valence-electron chi connectivity index (χ0n) is 21.1. The lowest BCUT2D eigenvalue weighted by Crippen LogP contribution is -2.49. The minimum absolute atomic E-state index is 0.200. The minimum atomic E-state index is -1.11.